The monoisotopic (exact) mass is 252 g/mol. The molecule has 1 aromatic carbocycles. The van der Waals surface area contributed by atoms with Gasteiger partial charge >= 0.3 is 0 Å². The molecule has 2 heterocycles. The minimum Gasteiger partial charge on any atom is -0.364 e. The zero-order chi connectivity index (χ0) is 13.4. The molecule has 0 saturated carbocycles. The first-order valence-corrected chi connectivity index (χ1v) is 6.03. The third-order valence-corrected chi connectivity index (χ3v) is 3.00. The van der Waals surface area contributed by atoms with E-state index in [2.05, 4.69) is 34.6 Å². The summed E-state index contributed by atoms with van der Waals surface area (Å²) >= 11 is 0. The second-order valence-corrected chi connectivity index (χ2v) is 4.60. The first-order valence-electron chi connectivity index (χ1n) is 6.03. The van der Waals surface area contributed by atoms with Crippen LogP contribution in [-0.4, -0.2) is 14.7 Å². The normalized spacial score (nSPS) is 11.1. The van der Waals surface area contributed by atoms with E-state index in [-0.39, 0.29) is 6.04 Å². The molecular weight excluding hydrogens is 240 g/mol. The van der Waals surface area contributed by atoms with Gasteiger partial charge in [-0.15, -0.1) is 0 Å². The van der Waals surface area contributed by atoms with Crippen molar-refractivity contribution in [2.45, 2.75) is 19.9 Å². The standard InChI is InChI=1S/C14H12N4O/c1-9(2)18-13-4-3-10(8-15)7-12(13)16-14(18)11-5-6-19-17-11/h3-7,9H,1-2H3. The number of benzene rings is 1. The molecule has 0 aliphatic heterocycles. The summed E-state index contributed by atoms with van der Waals surface area (Å²) in [6.45, 7) is 4.17. The molecule has 3 rings (SSSR count). The van der Waals surface area contributed by atoms with Crippen molar-refractivity contribution < 1.29 is 4.52 Å². The van der Waals surface area contributed by atoms with Crippen LogP contribution in [0.3, 0.4) is 0 Å². The molecule has 94 valence electrons. The van der Waals surface area contributed by atoms with Gasteiger partial charge in [0.1, 0.15) is 12.0 Å². The summed E-state index contributed by atoms with van der Waals surface area (Å²) in [6, 6.07) is 9.66. The average Bonchev–Trinajstić information content (AvgIpc) is 3.04. The van der Waals surface area contributed by atoms with Gasteiger partial charge in [-0.2, -0.15) is 5.26 Å². The van der Waals surface area contributed by atoms with Crippen LogP contribution in [0.25, 0.3) is 22.6 Å². The van der Waals surface area contributed by atoms with E-state index in [1.165, 1.54) is 6.26 Å². The van der Waals surface area contributed by atoms with E-state index in [4.69, 9.17) is 9.78 Å². The topological polar surface area (TPSA) is 67.6 Å². The Morgan fingerprint density at radius 1 is 1.32 bits per heavy atom. The van der Waals surface area contributed by atoms with Crippen LogP contribution in [0.2, 0.25) is 0 Å². The molecule has 0 aliphatic carbocycles. The van der Waals surface area contributed by atoms with Gasteiger partial charge in [-0.3, -0.25) is 0 Å². The molecule has 0 saturated heterocycles. The molecule has 0 fully saturated rings. The number of hydrogen-bond acceptors (Lipinski definition) is 4. The molecule has 2 aromatic heterocycles. The Balaban J connectivity index is 2.33. The number of nitrogens with zero attached hydrogens (tertiary/aromatic N) is 4. The molecule has 0 radical (unpaired) electrons. The highest BCUT2D eigenvalue weighted by Gasteiger charge is 2.16. The van der Waals surface area contributed by atoms with E-state index in [0.29, 0.717) is 11.3 Å². The smallest absolute Gasteiger partial charge is 0.163 e. The van der Waals surface area contributed by atoms with Gasteiger partial charge in [-0.05, 0) is 32.0 Å². The van der Waals surface area contributed by atoms with Gasteiger partial charge in [-0.1, -0.05) is 5.16 Å². The Hall–Kier alpha value is -2.61. The summed E-state index contributed by atoms with van der Waals surface area (Å²) in [5.41, 5.74) is 3.09. The third kappa shape index (κ3) is 1.78. The number of nitriles is 1. The van der Waals surface area contributed by atoms with E-state index < -0.39 is 0 Å². The van der Waals surface area contributed by atoms with Crippen LogP contribution in [0, 0.1) is 11.3 Å². The number of hydrogen-bond donors (Lipinski definition) is 0. The molecule has 0 aliphatic rings. The number of aromatic nitrogens is 3. The number of fused-ring (bicyclic) bond motifs is 1. The highest BCUT2D eigenvalue weighted by Crippen LogP contribution is 2.27. The van der Waals surface area contributed by atoms with Crippen LogP contribution in [0.1, 0.15) is 25.5 Å². The van der Waals surface area contributed by atoms with E-state index >= 15 is 0 Å². The second kappa shape index (κ2) is 4.25. The average molecular weight is 252 g/mol. The Morgan fingerprint density at radius 3 is 2.79 bits per heavy atom. The molecular formula is C14H12N4O. The van der Waals surface area contributed by atoms with Gasteiger partial charge in [-0.25, -0.2) is 4.98 Å². The first kappa shape index (κ1) is 11.5. The predicted octanol–water partition coefficient (Wildman–Crippen LogP) is 3.14. The minimum absolute atomic E-state index is 0.240. The van der Waals surface area contributed by atoms with Crippen molar-refractivity contribution in [1.82, 2.24) is 14.7 Å². The van der Waals surface area contributed by atoms with Crippen LogP contribution in [-0.2, 0) is 0 Å². The maximum absolute atomic E-state index is 8.95. The van der Waals surface area contributed by atoms with Crippen molar-refractivity contribution in [2.75, 3.05) is 0 Å². The van der Waals surface area contributed by atoms with Crippen LogP contribution >= 0.6 is 0 Å². The van der Waals surface area contributed by atoms with E-state index in [1.807, 2.05) is 6.07 Å². The summed E-state index contributed by atoms with van der Waals surface area (Å²) in [6.07, 6.45) is 1.53. The van der Waals surface area contributed by atoms with Crippen molar-refractivity contribution in [3.05, 3.63) is 36.1 Å². The Morgan fingerprint density at radius 2 is 2.16 bits per heavy atom. The Kier molecular flexibility index (Phi) is 2.57. The zero-order valence-corrected chi connectivity index (χ0v) is 10.7. The lowest BCUT2D eigenvalue weighted by atomic mass is 10.2. The van der Waals surface area contributed by atoms with Crippen molar-refractivity contribution in [1.29, 1.82) is 5.26 Å². The van der Waals surface area contributed by atoms with E-state index in [1.54, 1.807) is 18.2 Å². The minimum atomic E-state index is 0.240. The highest BCUT2D eigenvalue weighted by molar-refractivity contribution is 5.81. The van der Waals surface area contributed by atoms with Crippen LogP contribution in [0.4, 0.5) is 0 Å². The van der Waals surface area contributed by atoms with E-state index in [9.17, 15) is 0 Å². The molecule has 0 amide bonds. The summed E-state index contributed by atoms with van der Waals surface area (Å²) in [5, 5.41) is 12.9. The fourth-order valence-corrected chi connectivity index (χ4v) is 2.20. The van der Waals surface area contributed by atoms with Gasteiger partial charge in [0.15, 0.2) is 5.82 Å². The molecule has 3 aromatic rings. The van der Waals surface area contributed by atoms with Crippen molar-refractivity contribution in [3.63, 3.8) is 0 Å². The summed E-state index contributed by atoms with van der Waals surface area (Å²) in [4.78, 5) is 4.57. The fourth-order valence-electron chi connectivity index (χ4n) is 2.20. The summed E-state index contributed by atoms with van der Waals surface area (Å²) in [5.74, 6) is 0.758. The largest absolute Gasteiger partial charge is 0.364 e. The molecule has 0 spiro atoms. The van der Waals surface area contributed by atoms with Crippen molar-refractivity contribution >= 4 is 11.0 Å². The maximum atomic E-state index is 8.95. The summed E-state index contributed by atoms with van der Waals surface area (Å²) < 4.78 is 6.98. The van der Waals surface area contributed by atoms with Crippen LogP contribution < -0.4 is 0 Å². The first-order chi connectivity index (χ1) is 9.20. The Labute approximate surface area is 110 Å². The fraction of sp³-hybridized carbons (Fsp3) is 0.214. The van der Waals surface area contributed by atoms with Crippen LogP contribution in [0.5, 0.6) is 0 Å². The molecule has 0 atom stereocenters. The molecule has 19 heavy (non-hydrogen) atoms. The molecule has 0 unspecified atom stereocenters. The van der Waals surface area contributed by atoms with Crippen LogP contribution in [0.15, 0.2) is 35.1 Å². The maximum Gasteiger partial charge on any atom is 0.163 e. The van der Waals surface area contributed by atoms with E-state index in [0.717, 1.165) is 16.9 Å². The van der Waals surface area contributed by atoms with Gasteiger partial charge in [0.2, 0.25) is 0 Å². The third-order valence-electron chi connectivity index (χ3n) is 3.00. The molecule has 5 nitrogen and oxygen atoms in total. The predicted molar refractivity (Wildman–Crippen MR) is 70.3 cm³/mol. The lowest BCUT2D eigenvalue weighted by Crippen LogP contribution is -2.03. The van der Waals surface area contributed by atoms with Gasteiger partial charge in [0.05, 0.1) is 22.7 Å². The number of imidazole rings is 1. The quantitative estimate of drug-likeness (QED) is 0.702. The molecule has 5 heteroatoms. The van der Waals surface area contributed by atoms with Gasteiger partial charge < -0.3 is 9.09 Å². The summed E-state index contributed by atoms with van der Waals surface area (Å²) in [7, 11) is 0. The molecule has 0 N–H and O–H groups in total. The number of rotatable bonds is 2. The van der Waals surface area contributed by atoms with Crippen molar-refractivity contribution in [3.8, 4) is 17.6 Å². The van der Waals surface area contributed by atoms with Gasteiger partial charge in [0.25, 0.3) is 0 Å². The lowest BCUT2D eigenvalue weighted by Gasteiger charge is -2.11. The second-order valence-electron chi connectivity index (χ2n) is 4.60. The highest BCUT2D eigenvalue weighted by atomic mass is 16.5. The lowest BCUT2D eigenvalue weighted by molar-refractivity contribution is 0.421. The SMILES string of the molecule is CC(C)n1c(-c2ccon2)nc2cc(C#N)ccc21. The zero-order valence-electron chi connectivity index (χ0n) is 10.7. The van der Waals surface area contributed by atoms with Crippen molar-refractivity contribution in [2.24, 2.45) is 0 Å². The van der Waals surface area contributed by atoms with Gasteiger partial charge in [0, 0.05) is 12.1 Å². The molecule has 0 bridgehead atoms. The Bertz CT molecular complexity index is 763.